The number of hydrogen-bond acceptors (Lipinski definition) is 6. The summed E-state index contributed by atoms with van der Waals surface area (Å²) in [6.45, 7) is 0.859. The SMILES string of the molecule is Cn1cc(-c2cc3c(cc2F)CN=C3c2cc(N3CCC(F)(CO)CC3)ncn2)cn1. The Bertz CT molecular complexity index is 1170. The Kier molecular flexibility index (Phi) is 4.77. The zero-order valence-electron chi connectivity index (χ0n) is 17.1. The van der Waals surface area contributed by atoms with Crippen LogP contribution in [0.2, 0.25) is 0 Å². The van der Waals surface area contributed by atoms with Crippen molar-refractivity contribution in [3.8, 4) is 11.1 Å². The predicted octanol–water partition coefficient (Wildman–Crippen LogP) is 2.67. The van der Waals surface area contributed by atoms with Gasteiger partial charge in [0.05, 0.1) is 30.8 Å². The Morgan fingerprint density at radius 1 is 1.13 bits per heavy atom. The van der Waals surface area contributed by atoms with Gasteiger partial charge in [-0.15, -0.1) is 0 Å². The molecule has 31 heavy (non-hydrogen) atoms. The van der Waals surface area contributed by atoms with Crippen LogP contribution in [-0.4, -0.2) is 55.9 Å². The molecule has 0 radical (unpaired) electrons. The molecule has 0 bridgehead atoms. The zero-order chi connectivity index (χ0) is 21.6. The van der Waals surface area contributed by atoms with E-state index in [1.807, 2.05) is 11.0 Å². The highest BCUT2D eigenvalue weighted by atomic mass is 19.1. The molecule has 1 N–H and O–H groups in total. The fraction of sp³-hybridized carbons (Fsp3) is 0.364. The molecule has 1 saturated heterocycles. The van der Waals surface area contributed by atoms with Crippen LogP contribution < -0.4 is 4.90 Å². The van der Waals surface area contributed by atoms with Gasteiger partial charge in [0.25, 0.3) is 0 Å². The van der Waals surface area contributed by atoms with E-state index in [4.69, 9.17) is 0 Å². The molecule has 1 fully saturated rings. The van der Waals surface area contributed by atoms with Gasteiger partial charge in [-0.2, -0.15) is 5.10 Å². The molecule has 7 nitrogen and oxygen atoms in total. The molecule has 0 unspecified atom stereocenters. The third-order valence-corrected chi connectivity index (χ3v) is 6.03. The maximum absolute atomic E-state index is 14.7. The van der Waals surface area contributed by atoms with Crippen LogP contribution >= 0.6 is 0 Å². The third-order valence-electron chi connectivity index (χ3n) is 6.03. The van der Waals surface area contributed by atoms with Crippen LogP contribution in [0, 0.1) is 5.82 Å². The number of rotatable bonds is 4. The molecule has 2 aliphatic rings. The van der Waals surface area contributed by atoms with Gasteiger partial charge in [-0.25, -0.2) is 18.7 Å². The number of fused-ring (bicyclic) bond motifs is 1. The molecule has 9 heteroatoms. The minimum absolute atomic E-state index is 0.250. The summed E-state index contributed by atoms with van der Waals surface area (Å²) in [5.74, 6) is 0.384. The van der Waals surface area contributed by atoms with E-state index in [0.717, 1.165) is 11.1 Å². The van der Waals surface area contributed by atoms with Crippen molar-refractivity contribution in [2.24, 2.45) is 12.0 Å². The average molecular weight is 424 g/mol. The van der Waals surface area contributed by atoms with Gasteiger partial charge < -0.3 is 10.0 Å². The smallest absolute Gasteiger partial charge is 0.137 e. The standard InChI is InChI=1S/C22H22F2N6O/c1-29-11-15(10-28-29)16-7-17-14(6-18(16)23)9-25-21(17)19-8-20(27-13-26-19)30-4-2-22(24,12-31)3-5-30/h6-8,10-11,13,31H,2-5,9,12H2,1H3. The molecule has 160 valence electrons. The van der Waals surface area contributed by atoms with Gasteiger partial charge in [-0.3, -0.25) is 9.67 Å². The van der Waals surface area contributed by atoms with E-state index in [9.17, 15) is 13.9 Å². The zero-order valence-corrected chi connectivity index (χ0v) is 17.1. The Morgan fingerprint density at radius 2 is 1.94 bits per heavy atom. The first-order valence-corrected chi connectivity index (χ1v) is 10.2. The summed E-state index contributed by atoms with van der Waals surface area (Å²) >= 11 is 0. The molecule has 0 amide bonds. The van der Waals surface area contributed by atoms with E-state index < -0.39 is 12.3 Å². The average Bonchev–Trinajstić information content (AvgIpc) is 3.39. The first-order valence-electron chi connectivity index (χ1n) is 10.2. The Hall–Kier alpha value is -3.20. The molecule has 4 heterocycles. The van der Waals surface area contributed by atoms with Gasteiger partial charge in [0.2, 0.25) is 0 Å². The number of alkyl halides is 1. The summed E-state index contributed by atoms with van der Waals surface area (Å²) in [7, 11) is 1.79. The number of anilines is 1. The van der Waals surface area contributed by atoms with Gasteiger partial charge >= 0.3 is 0 Å². The Morgan fingerprint density at radius 3 is 2.65 bits per heavy atom. The molecule has 1 aromatic carbocycles. The lowest BCUT2D eigenvalue weighted by Gasteiger charge is -2.35. The normalized spacial score (nSPS) is 17.5. The molecule has 2 aromatic heterocycles. The molecular formula is C22H22F2N6O. The highest BCUT2D eigenvalue weighted by Crippen LogP contribution is 2.32. The Balaban J connectivity index is 1.45. The van der Waals surface area contributed by atoms with Crippen LogP contribution in [-0.2, 0) is 13.6 Å². The second-order valence-corrected chi connectivity index (χ2v) is 8.11. The van der Waals surface area contributed by atoms with Gasteiger partial charge in [0, 0.05) is 61.9 Å². The van der Waals surface area contributed by atoms with E-state index in [-0.39, 0.29) is 18.7 Å². The number of aliphatic hydroxyl groups is 1. The topological polar surface area (TPSA) is 79.4 Å². The van der Waals surface area contributed by atoms with E-state index in [1.54, 1.807) is 30.2 Å². The largest absolute Gasteiger partial charge is 0.393 e. The van der Waals surface area contributed by atoms with E-state index in [1.165, 1.54) is 12.4 Å². The van der Waals surface area contributed by atoms with Crippen LogP contribution in [0.5, 0.6) is 0 Å². The fourth-order valence-electron chi connectivity index (χ4n) is 4.16. The molecule has 2 aliphatic heterocycles. The van der Waals surface area contributed by atoms with Crippen molar-refractivity contribution in [1.29, 1.82) is 0 Å². The second-order valence-electron chi connectivity index (χ2n) is 8.11. The quantitative estimate of drug-likeness (QED) is 0.697. The van der Waals surface area contributed by atoms with Crippen molar-refractivity contribution in [2.75, 3.05) is 24.6 Å². The van der Waals surface area contributed by atoms with Crippen LogP contribution in [0.1, 0.15) is 29.7 Å². The van der Waals surface area contributed by atoms with Crippen LogP contribution in [0.3, 0.4) is 0 Å². The number of aliphatic hydroxyl groups excluding tert-OH is 1. The summed E-state index contributed by atoms with van der Waals surface area (Å²) in [4.78, 5) is 15.3. The van der Waals surface area contributed by atoms with Crippen LogP contribution in [0.25, 0.3) is 11.1 Å². The van der Waals surface area contributed by atoms with Crippen molar-refractivity contribution in [2.45, 2.75) is 25.1 Å². The van der Waals surface area contributed by atoms with Crippen LogP contribution in [0.4, 0.5) is 14.6 Å². The van der Waals surface area contributed by atoms with Gasteiger partial charge in [-0.1, -0.05) is 0 Å². The number of aryl methyl sites for hydroxylation is 1. The predicted molar refractivity (Wildman–Crippen MR) is 112 cm³/mol. The maximum atomic E-state index is 14.7. The van der Waals surface area contributed by atoms with Crippen molar-refractivity contribution < 1.29 is 13.9 Å². The lowest BCUT2D eigenvalue weighted by molar-refractivity contribution is 0.0480. The summed E-state index contributed by atoms with van der Waals surface area (Å²) < 4.78 is 30.7. The van der Waals surface area contributed by atoms with Gasteiger partial charge in [0.15, 0.2) is 0 Å². The highest BCUT2D eigenvalue weighted by molar-refractivity contribution is 6.14. The summed E-state index contributed by atoms with van der Waals surface area (Å²) in [5.41, 5.74) is 2.63. The van der Waals surface area contributed by atoms with Crippen molar-refractivity contribution in [1.82, 2.24) is 19.7 Å². The molecule has 0 aliphatic carbocycles. The third kappa shape index (κ3) is 3.59. The van der Waals surface area contributed by atoms with Crippen LogP contribution in [0.15, 0.2) is 41.9 Å². The minimum Gasteiger partial charge on any atom is -0.393 e. The molecule has 0 atom stereocenters. The lowest BCUT2D eigenvalue weighted by atomic mass is 9.94. The van der Waals surface area contributed by atoms with E-state index in [2.05, 4.69) is 20.1 Å². The van der Waals surface area contributed by atoms with Gasteiger partial charge in [-0.05, 0) is 17.7 Å². The van der Waals surface area contributed by atoms with Crippen molar-refractivity contribution in [3.63, 3.8) is 0 Å². The number of hydrogen-bond donors (Lipinski definition) is 1. The number of halogens is 2. The molecule has 5 rings (SSSR count). The number of benzene rings is 1. The monoisotopic (exact) mass is 424 g/mol. The van der Waals surface area contributed by atoms with E-state index >= 15 is 0 Å². The first-order chi connectivity index (χ1) is 15.0. The maximum Gasteiger partial charge on any atom is 0.137 e. The summed E-state index contributed by atoms with van der Waals surface area (Å²) in [6.07, 6.45) is 5.38. The van der Waals surface area contributed by atoms with Gasteiger partial charge in [0.1, 0.15) is 23.6 Å². The lowest BCUT2D eigenvalue weighted by Crippen LogP contribution is -2.44. The van der Waals surface area contributed by atoms with Crippen molar-refractivity contribution in [3.05, 3.63) is 59.6 Å². The molecule has 0 saturated carbocycles. The minimum atomic E-state index is -1.52. The summed E-state index contributed by atoms with van der Waals surface area (Å²) in [5, 5.41) is 13.4. The molecule has 0 spiro atoms. The number of aliphatic imine (C=N–C) groups is 1. The van der Waals surface area contributed by atoms with E-state index in [0.29, 0.717) is 48.0 Å². The highest BCUT2D eigenvalue weighted by Gasteiger charge is 2.34. The second kappa shape index (κ2) is 7.49. The first kappa shape index (κ1) is 19.7. The molecular weight excluding hydrogens is 402 g/mol. The molecule has 3 aromatic rings. The Labute approximate surface area is 178 Å². The van der Waals surface area contributed by atoms with Crippen molar-refractivity contribution >= 4 is 11.5 Å². The number of nitrogens with zero attached hydrogens (tertiary/aromatic N) is 6. The summed E-state index contributed by atoms with van der Waals surface area (Å²) in [6, 6.07) is 5.16. The number of piperidine rings is 1. The fourth-order valence-corrected chi connectivity index (χ4v) is 4.16. The number of aromatic nitrogens is 4.